The Bertz CT molecular complexity index is 2540. The van der Waals surface area contributed by atoms with Gasteiger partial charge in [-0.1, -0.05) is 121 Å². The first-order valence-electron chi connectivity index (χ1n) is 21.6. The van der Waals surface area contributed by atoms with E-state index in [0.717, 1.165) is 44.9 Å². The molecule has 3 nitrogen and oxygen atoms in total. The third kappa shape index (κ3) is 5.31. The smallest absolute Gasteiger partial charge is 0.0629 e. The molecule has 57 heavy (non-hydrogen) atoms. The number of hydrogen-bond donors (Lipinski definition) is 0. The van der Waals surface area contributed by atoms with Crippen molar-refractivity contribution >= 4 is 28.2 Å². The first-order chi connectivity index (χ1) is 28.3. The van der Waals surface area contributed by atoms with E-state index in [9.17, 15) is 0 Å². The SMILES string of the molecule is C1=CC2C3=C(C=C(N4c5ccccc5C5=CC(C6C=C7C8=C(CCC=C8)N(c8cccc(C9=CCCC=C9)c8)C7CC6)=CCC54)CC3)N(c3ccccc3)C2C=C1. The number of fused-ring (bicyclic) bond motifs is 7. The summed E-state index contributed by atoms with van der Waals surface area (Å²) in [5.74, 6) is 0.876. The van der Waals surface area contributed by atoms with Gasteiger partial charge in [-0.15, -0.1) is 0 Å². The first-order valence-corrected chi connectivity index (χ1v) is 21.6. The lowest BCUT2D eigenvalue weighted by molar-refractivity contribution is 0.542. The van der Waals surface area contributed by atoms with E-state index in [-0.39, 0.29) is 0 Å². The quantitative estimate of drug-likeness (QED) is 0.258. The zero-order valence-electron chi connectivity index (χ0n) is 32.6. The molecule has 3 heteroatoms. The van der Waals surface area contributed by atoms with Crippen LogP contribution in [0.3, 0.4) is 0 Å². The van der Waals surface area contributed by atoms with Crippen molar-refractivity contribution in [3.8, 4) is 0 Å². The molecule has 0 fully saturated rings. The van der Waals surface area contributed by atoms with Crippen LogP contribution in [0.5, 0.6) is 0 Å². The van der Waals surface area contributed by atoms with E-state index in [1.807, 2.05) is 0 Å². The third-order valence-corrected chi connectivity index (χ3v) is 14.2. The van der Waals surface area contributed by atoms with Crippen LogP contribution < -0.4 is 14.7 Å². The Labute approximate surface area is 337 Å². The van der Waals surface area contributed by atoms with Gasteiger partial charge in [0, 0.05) is 51.6 Å². The zero-order valence-corrected chi connectivity index (χ0v) is 32.6. The fourth-order valence-electron chi connectivity index (χ4n) is 11.7. The molecule has 5 unspecified atom stereocenters. The van der Waals surface area contributed by atoms with Crippen molar-refractivity contribution in [2.75, 3.05) is 14.7 Å². The van der Waals surface area contributed by atoms with Crippen molar-refractivity contribution < 1.29 is 0 Å². The van der Waals surface area contributed by atoms with E-state index in [0.29, 0.717) is 30.0 Å². The van der Waals surface area contributed by atoms with Gasteiger partial charge in [-0.25, -0.2) is 0 Å². The number of benzene rings is 3. The maximum atomic E-state index is 2.72. The van der Waals surface area contributed by atoms with Crippen molar-refractivity contribution in [2.24, 2.45) is 11.8 Å². The molecule has 0 bridgehead atoms. The molecule has 5 atom stereocenters. The van der Waals surface area contributed by atoms with Gasteiger partial charge in [-0.05, 0) is 133 Å². The summed E-state index contributed by atoms with van der Waals surface area (Å²) in [6.07, 6.45) is 41.7. The standard InChI is InChI=1S/C54H49N3/c1-3-14-36(15-4-1)37-16-13-19-41(32-37)56-50-24-11-8-21-44(50)47-33-38(26-30-52(47)56)39-27-31-53-48(34-39)45-22-9-12-25-51(45)57(53)42-28-29-46-43-20-7-10-23-49(43)55(54(46)35-42)40-17-5-2-6-18-40/h2-3,5-10,12-23,25,27,32-35,38,43,49,52-53H,1,4,11,24,26,28-31H2. The minimum atomic E-state index is 0.330. The van der Waals surface area contributed by atoms with E-state index in [4.69, 9.17) is 0 Å². The number of nitrogens with zero attached hydrogens (tertiary/aromatic N) is 3. The van der Waals surface area contributed by atoms with Crippen LogP contribution in [0.1, 0.15) is 68.9 Å². The summed E-state index contributed by atoms with van der Waals surface area (Å²) in [5, 5.41) is 0. The average molecular weight is 740 g/mol. The highest BCUT2D eigenvalue weighted by Crippen LogP contribution is 2.53. The molecule has 9 aliphatic rings. The monoisotopic (exact) mass is 739 g/mol. The maximum Gasteiger partial charge on any atom is 0.0629 e. The fourth-order valence-corrected chi connectivity index (χ4v) is 11.7. The van der Waals surface area contributed by atoms with Crippen LogP contribution in [0, 0.1) is 11.8 Å². The predicted octanol–water partition coefficient (Wildman–Crippen LogP) is 12.7. The van der Waals surface area contributed by atoms with Gasteiger partial charge in [0.1, 0.15) is 0 Å². The van der Waals surface area contributed by atoms with Crippen LogP contribution in [0.15, 0.2) is 197 Å². The lowest BCUT2D eigenvalue weighted by Gasteiger charge is -2.36. The van der Waals surface area contributed by atoms with Crippen LogP contribution in [-0.2, 0) is 0 Å². The molecule has 0 N–H and O–H groups in total. The summed E-state index contributed by atoms with van der Waals surface area (Å²) in [5.41, 5.74) is 20.2. The van der Waals surface area contributed by atoms with Gasteiger partial charge in [-0.2, -0.15) is 0 Å². The van der Waals surface area contributed by atoms with Crippen molar-refractivity contribution in [3.05, 3.63) is 208 Å². The molecule has 3 heterocycles. The van der Waals surface area contributed by atoms with Gasteiger partial charge in [-0.3, -0.25) is 0 Å². The summed E-state index contributed by atoms with van der Waals surface area (Å²) in [4.78, 5) is 8.04. The Hall–Kier alpha value is -5.80. The van der Waals surface area contributed by atoms with Crippen molar-refractivity contribution in [2.45, 2.75) is 75.9 Å². The fraction of sp³-hybridized carbons (Fsp3) is 0.259. The van der Waals surface area contributed by atoms with E-state index >= 15 is 0 Å². The lowest BCUT2D eigenvalue weighted by Crippen LogP contribution is -2.35. The van der Waals surface area contributed by atoms with Crippen molar-refractivity contribution in [3.63, 3.8) is 0 Å². The minimum Gasteiger partial charge on any atom is -0.337 e. The molecule has 12 rings (SSSR count). The molecule has 3 aliphatic heterocycles. The van der Waals surface area contributed by atoms with Gasteiger partial charge in [0.2, 0.25) is 0 Å². The van der Waals surface area contributed by atoms with Crippen LogP contribution >= 0.6 is 0 Å². The number of hydrogen-bond acceptors (Lipinski definition) is 3. The lowest BCUT2D eigenvalue weighted by atomic mass is 9.78. The Balaban J connectivity index is 0.867. The molecule has 0 spiro atoms. The highest BCUT2D eigenvalue weighted by atomic mass is 15.2. The first kappa shape index (κ1) is 33.4. The second-order valence-corrected chi connectivity index (χ2v) is 17.2. The summed E-state index contributed by atoms with van der Waals surface area (Å²) in [6.45, 7) is 0. The summed E-state index contributed by atoms with van der Waals surface area (Å²) in [7, 11) is 0. The molecule has 3 aromatic rings. The predicted molar refractivity (Wildman–Crippen MR) is 237 cm³/mol. The van der Waals surface area contributed by atoms with Gasteiger partial charge in [0.05, 0.1) is 18.1 Å². The van der Waals surface area contributed by atoms with Gasteiger partial charge in [0.25, 0.3) is 0 Å². The third-order valence-electron chi connectivity index (χ3n) is 14.2. The van der Waals surface area contributed by atoms with Gasteiger partial charge < -0.3 is 14.7 Å². The highest BCUT2D eigenvalue weighted by Gasteiger charge is 2.44. The second kappa shape index (κ2) is 13.4. The van der Waals surface area contributed by atoms with E-state index in [2.05, 4.69) is 173 Å². The molecule has 0 radical (unpaired) electrons. The van der Waals surface area contributed by atoms with Gasteiger partial charge in [0.15, 0.2) is 0 Å². The van der Waals surface area contributed by atoms with E-state index in [1.165, 1.54) is 80.4 Å². The Morgan fingerprint density at radius 2 is 1.51 bits per heavy atom. The average Bonchev–Trinajstić information content (AvgIpc) is 3.92. The second-order valence-electron chi connectivity index (χ2n) is 17.2. The van der Waals surface area contributed by atoms with Crippen molar-refractivity contribution in [1.29, 1.82) is 0 Å². The van der Waals surface area contributed by atoms with E-state index < -0.39 is 0 Å². The van der Waals surface area contributed by atoms with E-state index in [1.54, 1.807) is 11.1 Å². The summed E-state index contributed by atoms with van der Waals surface area (Å²) in [6, 6.07) is 30.7. The molecule has 0 aromatic heterocycles. The Morgan fingerprint density at radius 3 is 2.44 bits per heavy atom. The van der Waals surface area contributed by atoms with Gasteiger partial charge >= 0.3 is 0 Å². The molecule has 0 saturated heterocycles. The largest absolute Gasteiger partial charge is 0.337 e. The highest BCUT2D eigenvalue weighted by molar-refractivity contribution is 5.92. The molecule has 3 aromatic carbocycles. The van der Waals surface area contributed by atoms with Crippen LogP contribution in [0.25, 0.3) is 11.1 Å². The molecule has 0 saturated carbocycles. The normalized spacial score (nSPS) is 27.9. The topological polar surface area (TPSA) is 9.72 Å². The Kier molecular flexibility index (Phi) is 7.84. The number of allylic oxidation sites excluding steroid dienone is 14. The van der Waals surface area contributed by atoms with Crippen LogP contribution in [0.4, 0.5) is 17.1 Å². The maximum absolute atomic E-state index is 2.72. The molecule has 6 aliphatic carbocycles. The molecular formula is C54H49N3. The summed E-state index contributed by atoms with van der Waals surface area (Å²) < 4.78 is 0. The Morgan fingerprint density at radius 1 is 0.632 bits per heavy atom. The van der Waals surface area contributed by atoms with Crippen LogP contribution in [0.2, 0.25) is 0 Å². The molecule has 0 amide bonds. The number of rotatable bonds is 5. The van der Waals surface area contributed by atoms with Crippen molar-refractivity contribution in [1.82, 2.24) is 0 Å². The number of anilines is 3. The molecular weight excluding hydrogens is 691 g/mol. The van der Waals surface area contributed by atoms with Crippen LogP contribution in [-0.4, -0.2) is 18.1 Å². The molecule has 280 valence electrons. The zero-order chi connectivity index (χ0) is 37.5. The summed E-state index contributed by atoms with van der Waals surface area (Å²) >= 11 is 0. The minimum absolute atomic E-state index is 0.330. The number of para-hydroxylation sites is 2.